The summed E-state index contributed by atoms with van der Waals surface area (Å²) in [6.45, 7) is 6.60. The van der Waals surface area contributed by atoms with E-state index in [2.05, 4.69) is 98.2 Å². The van der Waals surface area contributed by atoms with E-state index in [1.807, 2.05) is 14.1 Å². The van der Waals surface area contributed by atoms with Gasteiger partial charge in [-0.1, -0.05) is 61.6 Å². The predicted molar refractivity (Wildman–Crippen MR) is 113 cm³/mol. The Labute approximate surface area is 159 Å². The van der Waals surface area contributed by atoms with E-state index in [-0.39, 0.29) is 0 Å². The normalized spacial score (nSPS) is 9.00. The Morgan fingerprint density at radius 1 is 0.700 bits per heavy atom. The van der Waals surface area contributed by atoms with E-state index in [4.69, 9.17) is 0 Å². The highest BCUT2D eigenvalue weighted by atomic mass is 79.9. The van der Waals surface area contributed by atoms with Gasteiger partial charge in [-0.3, -0.25) is 0 Å². The first-order valence-electron chi connectivity index (χ1n) is 6.95. The number of alkyl halides is 3. The molecule has 0 radical (unpaired) electrons. The van der Waals surface area contributed by atoms with Crippen molar-refractivity contribution in [2.45, 2.75) is 26.7 Å². The van der Waals surface area contributed by atoms with E-state index in [0.717, 1.165) is 28.3 Å². The van der Waals surface area contributed by atoms with E-state index < -0.39 is 0 Å². The molecule has 0 aromatic carbocycles. The minimum absolute atomic E-state index is 0.951. The van der Waals surface area contributed by atoms with Crippen molar-refractivity contribution in [2.75, 3.05) is 63.0 Å². The van der Waals surface area contributed by atoms with Gasteiger partial charge in [-0.15, -0.1) is 0 Å². The minimum atomic E-state index is 0.951. The molecule has 0 aromatic rings. The third-order valence-electron chi connectivity index (χ3n) is 1.48. The molecular formula is C14H35Br3N2S. The SMILES string of the molecule is BrCCBr.CCCBr.CCCN(C)C.CN(C)CCS. The summed E-state index contributed by atoms with van der Waals surface area (Å²) < 4.78 is 0. The van der Waals surface area contributed by atoms with E-state index in [0.29, 0.717) is 0 Å². The molecule has 0 aliphatic heterocycles. The molecule has 128 valence electrons. The van der Waals surface area contributed by atoms with Crippen molar-refractivity contribution >= 4 is 60.4 Å². The molecule has 0 rings (SSSR count). The molecule has 6 heteroatoms. The van der Waals surface area contributed by atoms with E-state index in [1.54, 1.807) is 0 Å². The Bertz CT molecular complexity index is 111. The fourth-order valence-electron chi connectivity index (χ4n) is 0.647. The van der Waals surface area contributed by atoms with Crippen LogP contribution in [0.1, 0.15) is 26.7 Å². The Hall–Kier alpha value is 1.71. The van der Waals surface area contributed by atoms with Gasteiger partial charge in [0.1, 0.15) is 0 Å². The third kappa shape index (κ3) is 73.2. The van der Waals surface area contributed by atoms with Crippen molar-refractivity contribution in [1.82, 2.24) is 9.80 Å². The van der Waals surface area contributed by atoms with Crippen LogP contribution in [-0.2, 0) is 0 Å². The molecule has 0 aliphatic carbocycles. The zero-order valence-corrected chi connectivity index (χ0v) is 19.8. The Morgan fingerprint density at radius 3 is 1.05 bits per heavy atom. The second-order valence-corrected chi connectivity index (χ2v) is 7.22. The lowest BCUT2D eigenvalue weighted by Crippen LogP contribution is -2.13. The fraction of sp³-hybridized carbons (Fsp3) is 1.00. The van der Waals surface area contributed by atoms with Crippen LogP contribution in [0.5, 0.6) is 0 Å². The van der Waals surface area contributed by atoms with Gasteiger partial charge in [0.25, 0.3) is 0 Å². The molecule has 0 saturated heterocycles. The number of halogens is 3. The van der Waals surface area contributed by atoms with Crippen molar-refractivity contribution in [2.24, 2.45) is 0 Å². The number of thiol groups is 1. The quantitative estimate of drug-likeness (QED) is 0.403. The van der Waals surface area contributed by atoms with Gasteiger partial charge in [-0.05, 0) is 47.6 Å². The minimum Gasteiger partial charge on any atom is -0.309 e. The van der Waals surface area contributed by atoms with Crippen molar-refractivity contribution in [1.29, 1.82) is 0 Å². The highest BCUT2D eigenvalue weighted by Crippen LogP contribution is 1.82. The van der Waals surface area contributed by atoms with Gasteiger partial charge in [0, 0.05) is 28.3 Å². The Balaban J connectivity index is -0.0000000871. The summed E-state index contributed by atoms with van der Waals surface area (Å²) in [6.07, 6.45) is 2.49. The first-order valence-corrected chi connectivity index (χ1v) is 11.0. The molecule has 0 heterocycles. The average Bonchev–Trinajstić information content (AvgIpc) is 2.39. The molecule has 0 spiro atoms. The molecule has 20 heavy (non-hydrogen) atoms. The summed E-state index contributed by atoms with van der Waals surface area (Å²) in [5.74, 6) is 0.951. The molecule has 0 aliphatic rings. The lowest BCUT2D eigenvalue weighted by atomic mass is 10.5. The summed E-state index contributed by atoms with van der Waals surface area (Å²) in [5, 5.41) is 3.23. The maximum Gasteiger partial charge on any atom is 0.0129 e. The number of hydrogen-bond donors (Lipinski definition) is 1. The topological polar surface area (TPSA) is 6.48 Å². The van der Waals surface area contributed by atoms with Crippen molar-refractivity contribution in [3.8, 4) is 0 Å². The number of hydrogen-bond acceptors (Lipinski definition) is 3. The molecule has 0 aromatic heterocycles. The van der Waals surface area contributed by atoms with Crippen molar-refractivity contribution < 1.29 is 0 Å². The zero-order valence-electron chi connectivity index (χ0n) is 14.1. The fourth-order valence-corrected chi connectivity index (χ4v) is 1.05. The van der Waals surface area contributed by atoms with Crippen LogP contribution in [0, 0.1) is 0 Å². The summed E-state index contributed by atoms with van der Waals surface area (Å²) >= 11 is 13.7. The van der Waals surface area contributed by atoms with Gasteiger partial charge < -0.3 is 9.80 Å². The second kappa shape index (κ2) is 32.6. The van der Waals surface area contributed by atoms with Crippen LogP contribution in [0.15, 0.2) is 0 Å². The first kappa shape index (κ1) is 29.7. The van der Waals surface area contributed by atoms with Gasteiger partial charge in [-0.25, -0.2) is 0 Å². The average molecular weight is 503 g/mol. The van der Waals surface area contributed by atoms with Gasteiger partial charge >= 0.3 is 0 Å². The molecule has 2 nitrogen and oxygen atoms in total. The third-order valence-corrected chi connectivity index (χ3v) is 4.33. The molecule has 0 atom stereocenters. The van der Waals surface area contributed by atoms with Crippen LogP contribution in [0.25, 0.3) is 0 Å². The molecular weight excluding hydrogens is 468 g/mol. The molecule has 0 saturated carbocycles. The summed E-state index contributed by atoms with van der Waals surface area (Å²) in [7, 11) is 8.25. The summed E-state index contributed by atoms with van der Waals surface area (Å²) in [4.78, 5) is 4.28. The number of rotatable bonds is 6. The van der Waals surface area contributed by atoms with Crippen LogP contribution in [-0.4, -0.2) is 72.8 Å². The predicted octanol–water partition coefficient (Wildman–Crippen LogP) is 5.00. The molecule has 0 N–H and O–H groups in total. The van der Waals surface area contributed by atoms with Crippen molar-refractivity contribution in [3.63, 3.8) is 0 Å². The van der Waals surface area contributed by atoms with Crippen molar-refractivity contribution in [3.05, 3.63) is 0 Å². The Morgan fingerprint density at radius 2 is 1.05 bits per heavy atom. The maximum atomic E-state index is 4.02. The lowest BCUT2D eigenvalue weighted by molar-refractivity contribution is 0.408. The monoisotopic (exact) mass is 500 g/mol. The van der Waals surface area contributed by atoms with Crippen LogP contribution in [0.4, 0.5) is 0 Å². The number of nitrogens with zero attached hydrogens (tertiary/aromatic N) is 2. The van der Waals surface area contributed by atoms with Crippen LogP contribution in [0.3, 0.4) is 0 Å². The first-order chi connectivity index (χ1) is 9.37. The Kier molecular flexibility index (Phi) is 48.4. The van der Waals surface area contributed by atoms with E-state index in [9.17, 15) is 0 Å². The maximum absolute atomic E-state index is 4.02. The van der Waals surface area contributed by atoms with E-state index >= 15 is 0 Å². The standard InChI is InChI=1S/C5H13N.C4H11NS.C3H7Br.C2H4Br2/c1-4-5-6(2)3;1-5(2)3-4-6;1-2-3-4;3-1-2-4/h4-5H2,1-3H3;6H,3-4H2,1-2H3;2-3H2,1H3;1-2H2. The van der Waals surface area contributed by atoms with Gasteiger partial charge in [0.05, 0.1) is 0 Å². The molecule has 0 fully saturated rings. The molecule has 0 unspecified atom stereocenters. The van der Waals surface area contributed by atoms with Gasteiger partial charge in [-0.2, -0.15) is 12.6 Å². The summed E-state index contributed by atoms with van der Waals surface area (Å²) in [6, 6.07) is 0. The van der Waals surface area contributed by atoms with Crippen LogP contribution < -0.4 is 0 Å². The van der Waals surface area contributed by atoms with Crippen LogP contribution in [0.2, 0.25) is 0 Å². The van der Waals surface area contributed by atoms with E-state index in [1.165, 1.54) is 19.4 Å². The van der Waals surface area contributed by atoms with Gasteiger partial charge in [0.15, 0.2) is 0 Å². The molecule has 0 amide bonds. The smallest absolute Gasteiger partial charge is 0.0129 e. The summed E-state index contributed by atoms with van der Waals surface area (Å²) in [5.41, 5.74) is 0. The highest BCUT2D eigenvalue weighted by molar-refractivity contribution is 9.12. The zero-order chi connectivity index (χ0) is 16.8. The highest BCUT2D eigenvalue weighted by Gasteiger charge is 1.80. The lowest BCUT2D eigenvalue weighted by Gasteiger charge is -2.03. The van der Waals surface area contributed by atoms with Crippen LogP contribution >= 0.6 is 60.4 Å². The van der Waals surface area contributed by atoms with Gasteiger partial charge in [0.2, 0.25) is 0 Å². The molecule has 0 bridgehead atoms. The second-order valence-electron chi connectivity index (χ2n) is 4.40. The largest absolute Gasteiger partial charge is 0.309 e.